The molecule has 0 N–H and O–H groups in total. The lowest BCUT2D eigenvalue weighted by Crippen LogP contribution is -2.22. The number of aromatic nitrogens is 3. The van der Waals surface area contributed by atoms with E-state index in [9.17, 15) is 0 Å². The van der Waals surface area contributed by atoms with Gasteiger partial charge in [-0.1, -0.05) is 20.8 Å². The first kappa shape index (κ1) is 15.8. The smallest absolute Gasteiger partial charge is 0.211 e. The molecule has 2 aromatic heterocycles. The highest BCUT2D eigenvalue weighted by molar-refractivity contribution is 5.08. The number of nitrogens with zero attached hydrogens (tertiary/aromatic N) is 4. The zero-order chi connectivity index (χ0) is 15.6. The minimum absolute atomic E-state index is 0.00813. The van der Waals surface area contributed by atoms with Gasteiger partial charge in [0.15, 0.2) is 0 Å². The number of oxazole rings is 1. The van der Waals surface area contributed by atoms with Gasteiger partial charge >= 0.3 is 0 Å². The first-order chi connectivity index (χ1) is 9.81. The molecule has 2 heterocycles. The van der Waals surface area contributed by atoms with E-state index in [0.29, 0.717) is 0 Å². The Morgan fingerprint density at radius 1 is 1.33 bits per heavy atom. The van der Waals surface area contributed by atoms with Crippen LogP contribution >= 0.6 is 0 Å². The van der Waals surface area contributed by atoms with Crippen molar-refractivity contribution in [2.45, 2.75) is 59.2 Å². The van der Waals surface area contributed by atoms with Crippen LogP contribution in [0.5, 0.6) is 0 Å². The van der Waals surface area contributed by atoms with Gasteiger partial charge in [-0.15, -0.1) is 0 Å². The van der Waals surface area contributed by atoms with E-state index in [1.54, 1.807) is 0 Å². The van der Waals surface area contributed by atoms with Crippen molar-refractivity contribution in [2.24, 2.45) is 0 Å². The third-order valence-corrected chi connectivity index (χ3v) is 3.72. The number of aryl methyl sites for hydroxylation is 1. The molecule has 1 atom stereocenters. The highest BCUT2D eigenvalue weighted by Gasteiger charge is 2.23. The van der Waals surface area contributed by atoms with Gasteiger partial charge in [0.25, 0.3) is 0 Å². The van der Waals surface area contributed by atoms with Gasteiger partial charge in [-0.25, -0.2) is 4.98 Å². The van der Waals surface area contributed by atoms with Gasteiger partial charge in [0.2, 0.25) is 5.89 Å². The Kier molecular flexibility index (Phi) is 4.52. The normalized spacial score (nSPS) is 13.9. The average Bonchev–Trinajstić information content (AvgIpc) is 3.05. The van der Waals surface area contributed by atoms with E-state index in [4.69, 9.17) is 4.42 Å². The summed E-state index contributed by atoms with van der Waals surface area (Å²) in [7, 11) is 2.08. The molecule has 0 radical (unpaired) electrons. The molecule has 0 bridgehead atoms. The van der Waals surface area contributed by atoms with Crippen LogP contribution in [0.25, 0.3) is 0 Å². The third kappa shape index (κ3) is 3.73. The predicted octanol–water partition coefficient (Wildman–Crippen LogP) is 3.38. The molecule has 0 aromatic carbocycles. The zero-order valence-corrected chi connectivity index (χ0v) is 13.9. The molecule has 2 rings (SSSR count). The summed E-state index contributed by atoms with van der Waals surface area (Å²) in [6.07, 6.45) is 5.84. The van der Waals surface area contributed by atoms with Crippen molar-refractivity contribution in [3.8, 4) is 0 Å². The SMILES string of the molecule is CCn1cc(CN(C)[C@@H](C)c2ncc(C(C)(C)C)o2)cn1. The molecular weight excluding hydrogens is 264 g/mol. The largest absolute Gasteiger partial charge is 0.443 e. The van der Waals surface area contributed by atoms with E-state index in [0.717, 1.165) is 24.7 Å². The molecule has 0 amide bonds. The van der Waals surface area contributed by atoms with Crippen LogP contribution in [0, 0.1) is 0 Å². The highest BCUT2D eigenvalue weighted by atomic mass is 16.4. The summed E-state index contributed by atoms with van der Waals surface area (Å²) in [6.45, 7) is 12.3. The summed E-state index contributed by atoms with van der Waals surface area (Å²) in [5.41, 5.74) is 1.19. The van der Waals surface area contributed by atoms with Gasteiger partial charge in [0.1, 0.15) is 5.76 Å². The van der Waals surface area contributed by atoms with Crippen LogP contribution in [-0.4, -0.2) is 26.7 Å². The van der Waals surface area contributed by atoms with Crippen molar-refractivity contribution in [1.82, 2.24) is 19.7 Å². The van der Waals surface area contributed by atoms with Crippen LogP contribution in [0.1, 0.15) is 57.9 Å². The first-order valence-electron chi connectivity index (χ1n) is 7.49. The van der Waals surface area contributed by atoms with Gasteiger partial charge < -0.3 is 4.42 Å². The zero-order valence-electron chi connectivity index (χ0n) is 13.9. The topological polar surface area (TPSA) is 47.1 Å². The molecule has 0 unspecified atom stereocenters. The van der Waals surface area contributed by atoms with Crippen molar-refractivity contribution < 1.29 is 4.42 Å². The standard InChI is InChI=1S/C16H26N4O/c1-7-20-11-13(8-18-20)10-19(6)12(2)15-17-9-14(21-15)16(3,4)5/h8-9,11-12H,7,10H2,1-6H3/t12-/m0/s1. The molecule has 0 aliphatic rings. The maximum absolute atomic E-state index is 5.92. The minimum Gasteiger partial charge on any atom is -0.443 e. The van der Waals surface area contributed by atoms with Crippen molar-refractivity contribution in [1.29, 1.82) is 0 Å². The van der Waals surface area contributed by atoms with E-state index in [2.05, 4.69) is 62.8 Å². The van der Waals surface area contributed by atoms with E-state index in [1.807, 2.05) is 17.1 Å². The first-order valence-corrected chi connectivity index (χ1v) is 7.49. The van der Waals surface area contributed by atoms with Crippen LogP contribution in [0.3, 0.4) is 0 Å². The molecule has 21 heavy (non-hydrogen) atoms. The van der Waals surface area contributed by atoms with Crippen LogP contribution in [0.15, 0.2) is 23.0 Å². The third-order valence-electron chi connectivity index (χ3n) is 3.72. The van der Waals surface area contributed by atoms with Gasteiger partial charge in [-0.3, -0.25) is 9.58 Å². The molecule has 0 saturated carbocycles. The molecule has 116 valence electrons. The second-order valence-corrected chi connectivity index (χ2v) is 6.61. The second-order valence-electron chi connectivity index (χ2n) is 6.61. The summed E-state index contributed by atoms with van der Waals surface area (Å²) in [5.74, 6) is 1.70. The Bertz CT molecular complexity index is 579. The van der Waals surface area contributed by atoms with Gasteiger partial charge in [0, 0.05) is 30.3 Å². The van der Waals surface area contributed by atoms with Crippen molar-refractivity contribution in [3.63, 3.8) is 0 Å². The fraction of sp³-hybridized carbons (Fsp3) is 0.625. The lowest BCUT2D eigenvalue weighted by atomic mass is 9.94. The maximum Gasteiger partial charge on any atom is 0.211 e. The predicted molar refractivity (Wildman–Crippen MR) is 83.0 cm³/mol. The Morgan fingerprint density at radius 2 is 2.05 bits per heavy atom. The molecule has 0 saturated heterocycles. The number of hydrogen-bond acceptors (Lipinski definition) is 4. The maximum atomic E-state index is 5.92. The van der Waals surface area contributed by atoms with E-state index in [-0.39, 0.29) is 11.5 Å². The molecular formula is C16H26N4O. The van der Waals surface area contributed by atoms with Gasteiger partial charge in [-0.05, 0) is 20.9 Å². The number of rotatable bonds is 5. The summed E-state index contributed by atoms with van der Waals surface area (Å²) in [5, 5.41) is 4.31. The minimum atomic E-state index is -0.00813. The summed E-state index contributed by atoms with van der Waals surface area (Å²) in [6, 6.07) is 0.131. The van der Waals surface area contributed by atoms with Crippen molar-refractivity contribution >= 4 is 0 Å². The molecule has 0 spiro atoms. The van der Waals surface area contributed by atoms with E-state index in [1.165, 1.54) is 5.56 Å². The summed E-state index contributed by atoms with van der Waals surface area (Å²) >= 11 is 0. The van der Waals surface area contributed by atoms with Crippen molar-refractivity contribution in [3.05, 3.63) is 35.8 Å². The Labute approximate surface area is 127 Å². The molecule has 2 aromatic rings. The lowest BCUT2D eigenvalue weighted by molar-refractivity contribution is 0.210. The molecule has 0 aliphatic carbocycles. The monoisotopic (exact) mass is 290 g/mol. The Balaban J connectivity index is 2.04. The van der Waals surface area contributed by atoms with Gasteiger partial charge in [0.05, 0.1) is 18.4 Å². The van der Waals surface area contributed by atoms with Crippen LogP contribution < -0.4 is 0 Å². The van der Waals surface area contributed by atoms with Crippen LogP contribution in [0.2, 0.25) is 0 Å². The van der Waals surface area contributed by atoms with Crippen LogP contribution in [0.4, 0.5) is 0 Å². The van der Waals surface area contributed by atoms with Crippen LogP contribution in [-0.2, 0) is 18.5 Å². The Morgan fingerprint density at radius 3 is 2.57 bits per heavy atom. The van der Waals surface area contributed by atoms with E-state index < -0.39 is 0 Å². The summed E-state index contributed by atoms with van der Waals surface area (Å²) < 4.78 is 7.86. The quantitative estimate of drug-likeness (QED) is 0.847. The molecule has 0 aliphatic heterocycles. The Hall–Kier alpha value is -1.62. The fourth-order valence-corrected chi connectivity index (χ4v) is 2.10. The van der Waals surface area contributed by atoms with E-state index >= 15 is 0 Å². The molecule has 0 fully saturated rings. The van der Waals surface area contributed by atoms with Crippen molar-refractivity contribution in [2.75, 3.05) is 7.05 Å². The molecule has 5 heteroatoms. The second kappa shape index (κ2) is 6.02. The lowest BCUT2D eigenvalue weighted by Gasteiger charge is -2.21. The highest BCUT2D eigenvalue weighted by Crippen LogP contribution is 2.27. The summed E-state index contributed by atoms with van der Waals surface area (Å²) in [4.78, 5) is 6.66. The fourth-order valence-electron chi connectivity index (χ4n) is 2.10. The average molecular weight is 290 g/mol. The molecule has 5 nitrogen and oxygen atoms in total. The number of hydrogen-bond donors (Lipinski definition) is 0. The van der Waals surface area contributed by atoms with Gasteiger partial charge in [-0.2, -0.15) is 5.10 Å².